The van der Waals surface area contributed by atoms with Gasteiger partial charge in [0, 0.05) is 18.5 Å². The van der Waals surface area contributed by atoms with Gasteiger partial charge in [-0.25, -0.2) is 0 Å². The lowest BCUT2D eigenvalue weighted by atomic mass is 9.83. The maximum atomic E-state index is 13.2. The Kier molecular flexibility index (Phi) is 6.75. The fourth-order valence-corrected chi connectivity index (χ4v) is 4.25. The van der Waals surface area contributed by atoms with Gasteiger partial charge in [-0.3, -0.25) is 4.79 Å². The minimum atomic E-state index is -0.410. The van der Waals surface area contributed by atoms with Crippen molar-refractivity contribution >= 4 is 18.3 Å². The van der Waals surface area contributed by atoms with E-state index in [0.29, 0.717) is 6.42 Å². The molecule has 2 aliphatic heterocycles. The number of nitrogens with zero attached hydrogens (tertiary/aromatic N) is 1. The highest BCUT2D eigenvalue weighted by molar-refractivity contribution is 5.85. The first kappa shape index (κ1) is 20.1. The highest BCUT2D eigenvalue weighted by Crippen LogP contribution is 2.32. The number of likely N-dealkylation sites (tertiary alicyclic amines) is 1. The topological polar surface area (TPSA) is 41.6 Å². The number of fused-ring (bicyclic) bond motifs is 1. The van der Waals surface area contributed by atoms with E-state index in [1.165, 1.54) is 0 Å². The molecular weight excluding hydrogens is 336 g/mol. The quantitative estimate of drug-likeness (QED) is 0.890. The summed E-state index contributed by atoms with van der Waals surface area (Å²) in [5.41, 5.74) is 0.695. The Morgan fingerprint density at radius 3 is 2.40 bits per heavy atom. The number of carbonyl (C=O) groups is 1. The van der Waals surface area contributed by atoms with E-state index in [9.17, 15) is 4.79 Å². The first-order chi connectivity index (χ1) is 11.5. The van der Waals surface area contributed by atoms with E-state index >= 15 is 0 Å². The third-order valence-electron chi connectivity index (χ3n) is 5.71. The van der Waals surface area contributed by atoms with E-state index in [-0.39, 0.29) is 18.3 Å². The van der Waals surface area contributed by atoms with Gasteiger partial charge in [0.25, 0.3) is 0 Å². The van der Waals surface area contributed by atoms with E-state index in [1.807, 2.05) is 18.2 Å². The maximum absolute atomic E-state index is 13.2. The molecule has 0 unspecified atom stereocenters. The van der Waals surface area contributed by atoms with Gasteiger partial charge in [-0.1, -0.05) is 32.0 Å². The largest absolute Gasteiger partial charge is 0.496 e. The van der Waals surface area contributed by atoms with Crippen LogP contribution >= 0.6 is 12.4 Å². The lowest BCUT2D eigenvalue weighted by molar-refractivity contribution is -0.140. The summed E-state index contributed by atoms with van der Waals surface area (Å²) in [4.78, 5) is 15.3. The summed E-state index contributed by atoms with van der Waals surface area (Å²) in [5.74, 6) is 2.65. The Balaban J connectivity index is 0.00000225. The van der Waals surface area contributed by atoms with E-state index in [4.69, 9.17) is 4.74 Å². The molecule has 0 aliphatic carbocycles. The number of ether oxygens (including phenoxy) is 1. The number of amides is 1. The number of benzene rings is 1. The van der Waals surface area contributed by atoms with Gasteiger partial charge in [0.05, 0.1) is 7.11 Å². The van der Waals surface area contributed by atoms with Gasteiger partial charge in [0.15, 0.2) is 0 Å². The maximum Gasteiger partial charge on any atom is 0.228 e. The Bertz CT molecular complexity index is 577. The predicted octanol–water partition coefficient (Wildman–Crippen LogP) is 3.14. The van der Waals surface area contributed by atoms with Gasteiger partial charge in [-0.05, 0) is 55.8 Å². The number of methoxy groups -OCH3 is 1. The smallest absolute Gasteiger partial charge is 0.228 e. The molecule has 1 N–H and O–H groups in total. The molecular formula is C20H31ClN2O2. The fraction of sp³-hybridized carbons (Fsp3) is 0.650. The van der Waals surface area contributed by atoms with Crippen LogP contribution < -0.4 is 10.1 Å². The molecule has 3 rings (SSSR count). The molecule has 2 heterocycles. The fourth-order valence-electron chi connectivity index (χ4n) is 4.25. The summed E-state index contributed by atoms with van der Waals surface area (Å²) in [5, 5.41) is 3.49. The van der Waals surface area contributed by atoms with E-state index in [0.717, 1.165) is 62.2 Å². The molecule has 2 aliphatic rings. The molecule has 0 aromatic heterocycles. The molecule has 2 fully saturated rings. The van der Waals surface area contributed by atoms with Crippen molar-refractivity contribution in [2.75, 3.05) is 33.3 Å². The van der Waals surface area contributed by atoms with Gasteiger partial charge in [0.2, 0.25) is 5.91 Å². The summed E-state index contributed by atoms with van der Waals surface area (Å²) in [6.45, 7) is 8.17. The van der Waals surface area contributed by atoms with Crippen molar-refractivity contribution in [2.24, 2.45) is 17.3 Å². The zero-order valence-corrected chi connectivity index (χ0v) is 16.4. The van der Waals surface area contributed by atoms with E-state index < -0.39 is 5.41 Å². The van der Waals surface area contributed by atoms with Crippen LogP contribution in [0.4, 0.5) is 0 Å². The van der Waals surface area contributed by atoms with Crippen LogP contribution in [0.5, 0.6) is 5.75 Å². The minimum absolute atomic E-state index is 0. The van der Waals surface area contributed by atoms with Crippen LogP contribution in [0.25, 0.3) is 0 Å². The van der Waals surface area contributed by atoms with Crippen molar-refractivity contribution < 1.29 is 9.53 Å². The second-order valence-corrected chi connectivity index (χ2v) is 7.92. The van der Waals surface area contributed by atoms with Gasteiger partial charge >= 0.3 is 0 Å². The van der Waals surface area contributed by atoms with Crippen molar-refractivity contribution in [3.63, 3.8) is 0 Å². The van der Waals surface area contributed by atoms with Crippen LogP contribution in [0.1, 0.15) is 32.3 Å². The van der Waals surface area contributed by atoms with Crippen molar-refractivity contribution in [3.05, 3.63) is 29.8 Å². The predicted molar refractivity (Wildman–Crippen MR) is 103 cm³/mol. The number of carbonyl (C=O) groups excluding carboxylic acids is 1. The lowest BCUT2D eigenvalue weighted by Gasteiger charge is -2.32. The second-order valence-electron chi connectivity index (χ2n) is 7.92. The van der Waals surface area contributed by atoms with Crippen LogP contribution in [0.2, 0.25) is 0 Å². The van der Waals surface area contributed by atoms with Crippen LogP contribution in [0.3, 0.4) is 0 Å². The summed E-state index contributed by atoms with van der Waals surface area (Å²) >= 11 is 0. The molecule has 1 amide bonds. The van der Waals surface area contributed by atoms with Crippen LogP contribution in [-0.2, 0) is 11.2 Å². The third kappa shape index (κ3) is 4.48. The van der Waals surface area contributed by atoms with Gasteiger partial charge in [-0.2, -0.15) is 0 Å². The van der Waals surface area contributed by atoms with Crippen LogP contribution in [-0.4, -0.2) is 44.1 Å². The molecule has 0 radical (unpaired) electrons. The highest BCUT2D eigenvalue weighted by atomic mass is 35.5. The van der Waals surface area contributed by atoms with Crippen molar-refractivity contribution in [3.8, 4) is 5.75 Å². The number of hydrogen-bond acceptors (Lipinski definition) is 3. The average molecular weight is 367 g/mol. The molecule has 4 nitrogen and oxygen atoms in total. The minimum Gasteiger partial charge on any atom is -0.496 e. The summed E-state index contributed by atoms with van der Waals surface area (Å²) in [7, 11) is 1.69. The van der Waals surface area contributed by atoms with Crippen LogP contribution in [0.15, 0.2) is 24.3 Å². The van der Waals surface area contributed by atoms with E-state index in [1.54, 1.807) is 7.11 Å². The Morgan fingerprint density at radius 1 is 1.20 bits per heavy atom. The molecule has 0 bridgehead atoms. The Labute approximate surface area is 157 Å². The molecule has 25 heavy (non-hydrogen) atoms. The molecule has 2 saturated heterocycles. The van der Waals surface area contributed by atoms with Gasteiger partial charge in [0.1, 0.15) is 5.75 Å². The Morgan fingerprint density at radius 2 is 1.80 bits per heavy atom. The van der Waals surface area contributed by atoms with Gasteiger partial charge < -0.3 is 15.0 Å². The number of para-hydroxylation sites is 1. The Hall–Kier alpha value is -1.26. The second kappa shape index (κ2) is 8.41. The molecule has 140 valence electrons. The number of rotatable bonds is 4. The highest BCUT2D eigenvalue weighted by Gasteiger charge is 2.36. The molecule has 0 saturated carbocycles. The van der Waals surface area contributed by atoms with Crippen molar-refractivity contribution in [1.29, 1.82) is 0 Å². The average Bonchev–Trinajstić information content (AvgIpc) is 2.93. The summed E-state index contributed by atoms with van der Waals surface area (Å²) in [6.07, 6.45) is 2.98. The molecule has 1 aromatic carbocycles. The number of hydrogen-bond donors (Lipinski definition) is 1. The SMILES string of the molecule is COc1ccccc1CC(C)(C)C(=O)N1CC[C@@H]2CNC[C@@H]2CC1.Cl. The molecule has 2 atom stereocenters. The summed E-state index contributed by atoms with van der Waals surface area (Å²) < 4.78 is 5.45. The first-order valence-electron chi connectivity index (χ1n) is 9.13. The molecule has 5 heteroatoms. The zero-order valence-electron chi connectivity index (χ0n) is 15.6. The first-order valence-corrected chi connectivity index (χ1v) is 9.13. The third-order valence-corrected chi connectivity index (χ3v) is 5.71. The normalized spacial score (nSPS) is 23.4. The molecule has 0 spiro atoms. The van der Waals surface area contributed by atoms with E-state index in [2.05, 4.69) is 30.1 Å². The molecule has 1 aromatic rings. The van der Waals surface area contributed by atoms with Crippen molar-refractivity contribution in [2.45, 2.75) is 33.1 Å². The summed E-state index contributed by atoms with van der Waals surface area (Å²) in [6, 6.07) is 8.01. The number of halogens is 1. The monoisotopic (exact) mass is 366 g/mol. The lowest BCUT2D eigenvalue weighted by Crippen LogP contribution is -2.43. The standard InChI is InChI=1S/C20H30N2O2.ClH/c1-20(2,12-15-6-4-5-7-18(15)24-3)19(23)22-10-8-16-13-21-14-17(16)9-11-22;/h4-7,16-17,21H,8-14H2,1-3H3;1H/t16-,17+;. The van der Waals surface area contributed by atoms with Crippen LogP contribution in [0, 0.1) is 17.3 Å². The van der Waals surface area contributed by atoms with Crippen molar-refractivity contribution in [1.82, 2.24) is 10.2 Å². The zero-order chi connectivity index (χ0) is 17.2. The number of nitrogens with one attached hydrogen (secondary N) is 1. The van der Waals surface area contributed by atoms with Gasteiger partial charge in [-0.15, -0.1) is 12.4 Å².